The Bertz CT molecular complexity index is 4740. The third-order valence-electron chi connectivity index (χ3n) is 23.1. The zero-order valence-electron chi connectivity index (χ0n) is 75.5. The summed E-state index contributed by atoms with van der Waals surface area (Å²) in [5.74, 6) is -12.2. The number of carbonyl (C=O) groups excluding carboxylic acids is 3. The van der Waals surface area contributed by atoms with Gasteiger partial charge in [-0.1, -0.05) is 164 Å². The maximum Gasteiger partial charge on any atom is 0.338 e. The Labute approximate surface area is 833 Å². The molecular weight excluding hydrogens is 2340 g/mol. The number of aliphatic hydroxyl groups is 1. The van der Waals surface area contributed by atoms with Gasteiger partial charge in [-0.3, -0.25) is 18.5 Å². The Kier molecular flexibility index (Phi) is 44.3. The van der Waals surface area contributed by atoms with Crippen LogP contribution < -0.4 is 13.3 Å². The third kappa shape index (κ3) is 33.9. The minimum atomic E-state index is -3.58. The molecule has 134 heavy (non-hydrogen) atoms. The molecule has 6 atom stereocenters. The van der Waals surface area contributed by atoms with Gasteiger partial charge in [-0.2, -0.15) is 26.3 Å². The first-order chi connectivity index (χ1) is 64.3. The fourth-order valence-electron chi connectivity index (χ4n) is 18.0. The molecule has 17 nitrogen and oxygen atoms in total. The number of nitrogens with zero attached hydrogens (tertiary/aromatic N) is 6. The molecule has 31 heteroatoms. The van der Waals surface area contributed by atoms with Gasteiger partial charge in [-0.15, -0.1) is 0 Å². The van der Waals surface area contributed by atoms with Gasteiger partial charge < -0.3 is 33.9 Å². The molecule has 716 valence electrons. The SMILES string of the molecule is CC(F)(F)C(=O)O.CC(F)(F)C(=O)n1ccnc1.CCOC(C)OCC12CC3CC(C1)C(O)C(C3)C2.CCOC(C)OCC12CC3CC(C1)C(OC(=O)C(C)(F)F)C(C3)C2.I[I-]I(I)I.O=C(n1ccnc1)n1ccnc1.c1ccc([S+](c2ccccc2)c2ccccc2)cc1.c1ccc([S+](c2ccccc2)c2ccccc2)cc1.c1ccc([S+](c2ccccc2)c2ccccc2)cc1. The number of aromatic nitrogens is 6. The molecule has 0 radical (unpaired) electrons. The number of ether oxygens (including phenoxy) is 5. The third-order valence-corrected chi connectivity index (χ3v) is 112. The van der Waals surface area contributed by atoms with Crippen LogP contribution >= 0.6 is 63.7 Å². The Hall–Kier alpha value is -7.03. The van der Waals surface area contributed by atoms with Gasteiger partial charge in [0, 0.05) is 71.2 Å². The summed E-state index contributed by atoms with van der Waals surface area (Å²) in [6, 6.07) is 96.3. The molecule has 0 amide bonds. The second-order valence-electron chi connectivity index (χ2n) is 33.4. The van der Waals surface area contributed by atoms with E-state index < -0.39 is 35.6 Å². The molecule has 8 bridgehead atoms. The van der Waals surface area contributed by atoms with Gasteiger partial charge in [0.15, 0.2) is 56.6 Å². The van der Waals surface area contributed by atoms with E-state index in [-0.39, 0.29) is 88.6 Å². The summed E-state index contributed by atoms with van der Waals surface area (Å²) in [5.41, 5.74) is 0.445. The van der Waals surface area contributed by atoms with Crippen molar-refractivity contribution in [1.82, 2.24) is 28.7 Å². The number of imidazole rings is 3. The van der Waals surface area contributed by atoms with E-state index in [9.17, 15) is 50.6 Å². The van der Waals surface area contributed by atoms with Crippen molar-refractivity contribution in [2.75, 3.05) is 26.4 Å². The molecule has 3 heterocycles. The van der Waals surface area contributed by atoms with E-state index >= 15 is 0 Å². The van der Waals surface area contributed by atoms with Crippen LogP contribution in [0.1, 0.15) is 117 Å². The quantitative estimate of drug-likeness (QED) is 0.0190. The number of benzene rings is 9. The molecule has 8 fully saturated rings. The molecule has 8 aliphatic rings. The van der Waals surface area contributed by atoms with Crippen LogP contribution in [0, 0.1) is 46.3 Å². The molecule has 20 rings (SSSR count). The zero-order valence-corrected chi connectivity index (χ0v) is 88.7. The number of halogens is 11. The smallest absolute Gasteiger partial charge is 0.257 e. The minimum absolute atomic E-state index is 0.0146. The number of rotatable bonds is 24. The first kappa shape index (κ1) is 109. The van der Waals surface area contributed by atoms with Crippen molar-refractivity contribution in [2.24, 2.45) is 46.3 Å². The summed E-state index contributed by atoms with van der Waals surface area (Å²) in [6.07, 6.45) is 23.0. The normalized spacial score (nSPS) is 20.8. The van der Waals surface area contributed by atoms with Crippen molar-refractivity contribution < 1.29 is 92.7 Å². The van der Waals surface area contributed by atoms with Crippen molar-refractivity contribution in [3.8, 4) is 0 Å². The number of alkyl halides is 6. The van der Waals surface area contributed by atoms with Crippen LogP contribution in [-0.4, -0.2) is 132 Å². The summed E-state index contributed by atoms with van der Waals surface area (Å²) in [5, 5.41) is 17.7. The number of aliphatic hydroxyl groups excluding tert-OH is 1. The standard InChI is InChI=1S/C18H28F2O4.3C18H15S.C15H26O3.C7H6N4O.C6H6F2N2O.C3H4F2O2.I5/c1-4-22-11(2)23-10-18-7-12-5-13(8-18)15(14(6-12)9-18)24-16(21)17(3,19)20;3*1-4-10-16(11-5-1)19(17-12-6-2-7-13-17)18-14-8-3-9-15-18;1-3-17-10(2)18-9-15-6-11-4-12(7-15)14(16)13(5-11)8-15;12-7(10-3-1-8-5-10)11-4-2-9-6-11;1-6(7,8)5(11)10-3-2-9-4-10;1-3(4,5)2(6)7;1-4-5(2)3/h11-15H,4-10H2,1-3H3;3*1-15H;10-14,16H,3-9H2,1-2H3;1-6H;2-4H,1H3;1H3,(H,6,7);/q;3*+1;;;;;-1. The predicted octanol–water partition coefficient (Wildman–Crippen LogP) is 23.7. The Morgan fingerprint density at radius 2 is 0.672 bits per heavy atom. The van der Waals surface area contributed by atoms with E-state index in [0.29, 0.717) is 77.0 Å². The van der Waals surface area contributed by atoms with Gasteiger partial charge in [0.1, 0.15) is 25.1 Å². The summed E-state index contributed by atoms with van der Waals surface area (Å²) < 4.78 is 105. The van der Waals surface area contributed by atoms with Crippen LogP contribution in [0.3, 0.4) is 0 Å². The number of aliphatic carboxylic acids is 1. The van der Waals surface area contributed by atoms with Crippen molar-refractivity contribution >= 4 is 120 Å². The van der Waals surface area contributed by atoms with Crippen LogP contribution in [0.2, 0.25) is 0 Å². The molecular formula is C103H115F6I5N6O11S3+2. The second kappa shape index (κ2) is 54.5. The van der Waals surface area contributed by atoms with Crippen LogP contribution in [0.5, 0.6) is 0 Å². The largest absolute Gasteiger partial charge is 0.338 e. The van der Waals surface area contributed by atoms with Gasteiger partial charge in [0.25, 0.3) is 0 Å². The molecule has 0 saturated heterocycles. The Balaban J connectivity index is 0.000000160. The van der Waals surface area contributed by atoms with Crippen LogP contribution in [0.4, 0.5) is 31.1 Å². The first-order valence-corrected chi connectivity index (χ1v) is 72.9. The number of esters is 1. The topological polar surface area (TPSA) is 208 Å². The van der Waals surface area contributed by atoms with Crippen molar-refractivity contribution in [1.29, 1.82) is 0 Å². The van der Waals surface area contributed by atoms with E-state index in [1.54, 1.807) is 24.8 Å². The van der Waals surface area contributed by atoms with Crippen LogP contribution in [0.25, 0.3) is 0 Å². The molecule has 8 aliphatic carbocycles. The number of carboxylic acids is 1. The predicted molar refractivity (Wildman–Crippen MR) is 545 cm³/mol. The van der Waals surface area contributed by atoms with E-state index in [1.165, 1.54) is 110 Å². The average Bonchev–Trinajstić information content (AvgIpc) is 0.840. The zero-order chi connectivity index (χ0) is 96.3. The summed E-state index contributed by atoms with van der Waals surface area (Å²) >= 11 is 8.37. The summed E-state index contributed by atoms with van der Waals surface area (Å²) in [6.45, 7) is 12.1. The molecule has 6 unspecified atom stereocenters. The van der Waals surface area contributed by atoms with Crippen molar-refractivity contribution in [2.45, 2.75) is 199 Å². The fourth-order valence-corrected chi connectivity index (χ4v) is 24.3. The molecule has 0 aliphatic heterocycles. The van der Waals surface area contributed by atoms with Gasteiger partial charge in [0.05, 0.1) is 52.0 Å². The van der Waals surface area contributed by atoms with E-state index in [4.69, 9.17) is 28.8 Å². The average molecular weight is 2460 g/mol. The van der Waals surface area contributed by atoms with E-state index in [2.05, 4.69) is 344 Å². The monoisotopic (exact) mass is 2460 g/mol. The summed E-state index contributed by atoms with van der Waals surface area (Å²) in [7, 11) is -0.289. The first-order valence-electron chi connectivity index (χ1n) is 44.0. The van der Waals surface area contributed by atoms with Crippen molar-refractivity contribution in [3.05, 3.63) is 329 Å². The van der Waals surface area contributed by atoms with Gasteiger partial charge in [-0.05, 0) is 247 Å². The number of hydrogen-bond donors (Lipinski definition) is 2. The molecule has 8 saturated carbocycles. The Morgan fingerprint density at radius 3 is 0.888 bits per heavy atom. The second-order valence-corrected chi connectivity index (χ2v) is 104. The van der Waals surface area contributed by atoms with Gasteiger partial charge >= 0.3 is 119 Å². The molecule has 3 aromatic heterocycles. The Morgan fingerprint density at radius 1 is 0.425 bits per heavy atom. The molecule has 9 aromatic carbocycles. The maximum atomic E-state index is 13.2. The molecule has 0 spiro atoms. The van der Waals surface area contributed by atoms with E-state index in [1.807, 2.05) is 27.7 Å². The number of carboxylic acid groups (broad SMARTS) is 1. The molecule has 12 aromatic rings. The molecule has 2 N–H and O–H groups in total. The van der Waals surface area contributed by atoms with Crippen LogP contribution in [0.15, 0.2) is 373 Å². The number of carbonyl (C=O) groups is 4. The summed E-state index contributed by atoms with van der Waals surface area (Å²) in [4.78, 5) is 66.2. The van der Waals surface area contributed by atoms with Gasteiger partial charge in [0.2, 0.25) is 0 Å². The van der Waals surface area contributed by atoms with Gasteiger partial charge in [-0.25, -0.2) is 29.3 Å². The van der Waals surface area contributed by atoms with Crippen molar-refractivity contribution in [3.63, 3.8) is 0 Å². The minimum Gasteiger partial charge on any atom is -0.257 e. The maximum absolute atomic E-state index is 13.2. The fraction of sp³-hybridized carbons (Fsp3) is 0.350. The number of hydrogen-bond acceptors (Lipinski definition) is 13. The van der Waals surface area contributed by atoms with E-state index in [0.717, 1.165) is 55.5 Å². The van der Waals surface area contributed by atoms with Crippen LogP contribution in [-0.2, 0) is 66.0 Å².